The first-order chi connectivity index (χ1) is 17.1. The molecule has 0 atom stereocenters. The Bertz CT molecular complexity index is 940. The van der Waals surface area contributed by atoms with Gasteiger partial charge in [0.1, 0.15) is 0 Å². The van der Waals surface area contributed by atoms with Crippen molar-refractivity contribution >= 4 is 21.8 Å². The van der Waals surface area contributed by atoms with Crippen LogP contribution in [0, 0.1) is 12.8 Å². The second kappa shape index (κ2) is 14.7. The lowest BCUT2D eigenvalue weighted by Gasteiger charge is -2.39. The molecule has 0 unspecified atom stereocenters. The fraction of sp³-hybridized carbons (Fsp3) is 0.714. The van der Waals surface area contributed by atoms with E-state index in [0.717, 1.165) is 24.0 Å². The number of hydrogen-bond donors (Lipinski definition) is 0. The molecule has 2 amide bonds. The van der Waals surface area contributed by atoms with Crippen molar-refractivity contribution in [3.8, 4) is 0 Å². The van der Waals surface area contributed by atoms with Crippen molar-refractivity contribution in [1.29, 1.82) is 0 Å². The average Bonchev–Trinajstić information content (AvgIpc) is 2.84. The molecule has 36 heavy (non-hydrogen) atoms. The standard InChI is InChI=1S/C28H47N3O4S/c1-6-8-13-27(32)29-17-15-26(16-18-29)31(21-25-12-10-9-11-24(25)5)28(33)22-30(19-14-23(3)4)36(34,35)20-7-2/h9-12,23,26H,6-8,13-22H2,1-5H3. The Balaban J connectivity index is 2.23. The van der Waals surface area contributed by atoms with Crippen molar-refractivity contribution in [3.05, 3.63) is 35.4 Å². The minimum absolute atomic E-state index is 0.0202. The van der Waals surface area contributed by atoms with E-state index in [-0.39, 0.29) is 30.2 Å². The van der Waals surface area contributed by atoms with Crippen molar-refractivity contribution in [2.45, 2.75) is 92.2 Å². The summed E-state index contributed by atoms with van der Waals surface area (Å²) >= 11 is 0. The predicted molar refractivity (Wildman–Crippen MR) is 146 cm³/mol. The van der Waals surface area contributed by atoms with E-state index in [0.29, 0.717) is 64.2 Å². The Morgan fingerprint density at radius 1 is 1.08 bits per heavy atom. The zero-order valence-electron chi connectivity index (χ0n) is 23.0. The van der Waals surface area contributed by atoms with Crippen LogP contribution < -0.4 is 0 Å². The number of benzene rings is 1. The molecule has 0 aliphatic carbocycles. The lowest BCUT2D eigenvalue weighted by Crippen LogP contribution is -2.51. The van der Waals surface area contributed by atoms with Gasteiger partial charge in [-0.25, -0.2) is 8.42 Å². The lowest BCUT2D eigenvalue weighted by atomic mass is 10.00. The van der Waals surface area contributed by atoms with E-state index < -0.39 is 10.0 Å². The number of hydrogen-bond acceptors (Lipinski definition) is 4. The molecule has 1 heterocycles. The molecule has 1 aromatic rings. The molecule has 0 spiro atoms. The minimum Gasteiger partial charge on any atom is -0.343 e. The Hall–Kier alpha value is -1.93. The van der Waals surface area contributed by atoms with Crippen LogP contribution in [0.15, 0.2) is 24.3 Å². The molecule has 0 aromatic heterocycles. The number of sulfonamides is 1. The van der Waals surface area contributed by atoms with Gasteiger partial charge in [-0.2, -0.15) is 4.31 Å². The molecule has 1 aromatic carbocycles. The van der Waals surface area contributed by atoms with Crippen molar-refractivity contribution < 1.29 is 18.0 Å². The van der Waals surface area contributed by atoms with E-state index >= 15 is 0 Å². The summed E-state index contributed by atoms with van der Waals surface area (Å²) < 4.78 is 27.4. The Morgan fingerprint density at radius 2 is 1.75 bits per heavy atom. The maximum atomic E-state index is 13.8. The number of piperidine rings is 1. The number of aryl methyl sites for hydroxylation is 1. The Labute approximate surface area is 219 Å². The fourth-order valence-corrected chi connectivity index (χ4v) is 6.12. The van der Waals surface area contributed by atoms with Crippen LogP contribution in [0.4, 0.5) is 0 Å². The van der Waals surface area contributed by atoms with Crippen LogP contribution in [0.25, 0.3) is 0 Å². The first-order valence-corrected chi connectivity index (χ1v) is 15.3. The van der Waals surface area contributed by atoms with Gasteiger partial charge in [0, 0.05) is 38.6 Å². The lowest BCUT2D eigenvalue weighted by molar-refractivity contribution is -0.137. The van der Waals surface area contributed by atoms with Crippen LogP contribution in [0.1, 0.15) is 83.8 Å². The highest BCUT2D eigenvalue weighted by Gasteiger charge is 2.32. The van der Waals surface area contributed by atoms with Crippen LogP contribution in [-0.2, 0) is 26.2 Å². The second-order valence-electron chi connectivity index (χ2n) is 10.5. The second-order valence-corrected chi connectivity index (χ2v) is 12.6. The third kappa shape index (κ3) is 9.18. The summed E-state index contributed by atoms with van der Waals surface area (Å²) in [7, 11) is -3.50. The maximum absolute atomic E-state index is 13.8. The van der Waals surface area contributed by atoms with Gasteiger partial charge in [0.25, 0.3) is 0 Å². The third-order valence-corrected chi connectivity index (χ3v) is 9.07. The van der Waals surface area contributed by atoms with Gasteiger partial charge in [-0.05, 0) is 56.1 Å². The molecule has 0 bridgehead atoms. The molecule has 1 aliphatic rings. The average molecular weight is 522 g/mol. The molecule has 0 saturated carbocycles. The number of amides is 2. The largest absolute Gasteiger partial charge is 0.343 e. The van der Waals surface area contributed by atoms with E-state index in [1.165, 1.54) is 4.31 Å². The number of carbonyl (C=O) groups is 2. The molecule has 0 radical (unpaired) electrons. The summed E-state index contributed by atoms with van der Waals surface area (Å²) in [5, 5.41) is 0. The molecule has 1 fully saturated rings. The van der Waals surface area contributed by atoms with Gasteiger partial charge in [0.2, 0.25) is 21.8 Å². The number of unbranched alkanes of at least 4 members (excludes halogenated alkanes) is 1. The third-order valence-electron chi connectivity index (χ3n) is 7.05. The molecule has 1 saturated heterocycles. The van der Waals surface area contributed by atoms with Gasteiger partial charge in [0.15, 0.2) is 0 Å². The zero-order chi connectivity index (χ0) is 26.7. The highest BCUT2D eigenvalue weighted by molar-refractivity contribution is 7.89. The number of rotatable bonds is 14. The number of nitrogens with zero attached hydrogens (tertiary/aromatic N) is 3. The molecule has 8 heteroatoms. The van der Waals surface area contributed by atoms with Crippen LogP contribution in [0.5, 0.6) is 0 Å². The van der Waals surface area contributed by atoms with E-state index in [1.54, 1.807) is 0 Å². The summed E-state index contributed by atoms with van der Waals surface area (Å²) in [6.45, 7) is 12.0. The van der Waals surface area contributed by atoms with Crippen LogP contribution in [0.3, 0.4) is 0 Å². The van der Waals surface area contributed by atoms with E-state index in [2.05, 4.69) is 20.8 Å². The van der Waals surface area contributed by atoms with Gasteiger partial charge >= 0.3 is 0 Å². The maximum Gasteiger partial charge on any atom is 0.238 e. The quantitative estimate of drug-likeness (QED) is 0.359. The van der Waals surface area contributed by atoms with Gasteiger partial charge < -0.3 is 9.80 Å². The monoisotopic (exact) mass is 521 g/mol. The Kier molecular flexibility index (Phi) is 12.4. The number of likely N-dealkylation sites (tertiary alicyclic amines) is 1. The minimum atomic E-state index is -3.50. The molecule has 204 valence electrons. The van der Waals surface area contributed by atoms with Gasteiger partial charge in [0.05, 0.1) is 12.3 Å². The summed E-state index contributed by atoms with van der Waals surface area (Å²) in [5.41, 5.74) is 2.18. The van der Waals surface area contributed by atoms with Crippen LogP contribution in [0.2, 0.25) is 0 Å². The summed E-state index contributed by atoms with van der Waals surface area (Å²) in [4.78, 5) is 30.1. The van der Waals surface area contributed by atoms with Gasteiger partial charge in [-0.3, -0.25) is 9.59 Å². The summed E-state index contributed by atoms with van der Waals surface area (Å²) in [6.07, 6.45) is 5.13. The van der Waals surface area contributed by atoms with E-state index in [4.69, 9.17) is 0 Å². The smallest absolute Gasteiger partial charge is 0.238 e. The SMILES string of the molecule is CCCCC(=O)N1CCC(N(Cc2ccccc2C)C(=O)CN(CCC(C)C)S(=O)(=O)CCC)CC1. The van der Waals surface area contributed by atoms with Crippen molar-refractivity contribution in [1.82, 2.24) is 14.1 Å². The molecule has 0 N–H and O–H groups in total. The van der Waals surface area contributed by atoms with E-state index in [1.807, 2.05) is 47.9 Å². The topological polar surface area (TPSA) is 78.0 Å². The van der Waals surface area contributed by atoms with Gasteiger partial charge in [-0.15, -0.1) is 0 Å². The highest BCUT2D eigenvalue weighted by atomic mass is 32.2. The number of carbonyl (C=O) groups excluding carboxylic acids is 2. The molecule has 7 nitrogen and oxygen atoms in total. The summed E-state index contributed by atoms with van der Waals surface area (Å²) in [6, 6.07) is 8.00. The van der Waals surface area contributed by atoms with E-state index in [9.17, 15) is 18.0 Å². The predicted octanol–water partition coefficient (Wildman–Crippen LogP) is 4.59. The van der Waals surface area contributed by atoms with Crippen molar-refractivity contribution in [2.75, 3.05) is 31.9 Å². The Morgan fingerprint density at radius 3 is 2.33 bits per heavy atom. The molecular weight excluding hydrogens is 474 g/mol. The molecule has 1 aliphatic heterocycles. The highest BCUT2D eigenvalue weighted by Crippen LogP contribution is 2.22. The van der Waals surface area contributed by atoms with Crippen molar-refractivity contribution in [2.24, 2.45) is 5.92 Å². The van der Waals surface area contributed by atoms with Gasteiger partial charge in [-0.1, -0.05) is 58.4 Å². The first-order valence-electron chi connectivity index (χ1n) is 13.7. The normalized spacial score (nSPS) is 15.0. The first kappa shape index (κ1) is 30.3. The van der Waals surface area contributed by atoms with Crippen LogP contribution in [-0.4, -0.2) is 72.3 Å². The fourth-order valence-electron chi connectivity index (χ4n) is 4.65. The van der Waals surface area contributed by atoms with Crippen molar-refractivity contribution in [3.63, 3.8) is 0 Å². The molecular formula is C28H47N3O4S. The zero-order valence-corrected chi connectivity index (χ0v) is 23.9. The van der Waals surface area contributed by atoms with Crippen LogP contribution >= 0.6 is 0 Å². The summed E-state index contributed by atoms with van der Waals surface area (Å²) in [5.74, 6) is 0.432. The molecule has 2 rings (SSSR count).